The molecule has 5 heteroatoms. The molecule has 2 aromatic rings. The summed E-state index contributed by atoms with van der Waals surface area (Å²) in [5.74, 6) is -0.781. The van der Waals surface area contributed by atoms with Crippen LogP contribution in [0.5, 0.6) is 0 Å². The van der Waals surface area contributed by atoms with Crippen LogP contribution in [0.4, 0.5) is 10.5 Å². The largest absolute Gasteiger partial charge is 0.481 e. The van der Waals surface area contributed by atoms with E-state index in [1.54, 1.807) is 11.9 Å². The van der Waals surface area contributed by atoms with Gasteiger partial charge in [-0.3, -0.25) is 9.69 Å². The van der Waals surface area contributed by atoms with Crippen molar-refractivity contribution in [1.82, 2.24) is 5.32 Å². The van der Waals surface area contributed by atoms with E-state index >= 15 is 0 Å². The molecule has 0 heterocycles. The predicted molar refractivity (Wildman–Crippen MR) is 119 cm³/mol. The van der Waals surface area contributed by atoms with Gasteiger partial charge in [0.15, 0.2) is 0 Å². The summed E-state index contributed by atoms with van der Waals surface area (Å²) in [4.78, 5) is 24.9. The molecule has 0 saturated heterocycles. The lowest BCUT2D eigenvalue weighted by molar-refractivity contribution is -0.136. The molecule has 0 saturated carbocycles. The molecule has 5 nitrogen and oxygen atoms in total. The highest BCUT2D eigenvalue weighted by molar-refractivity contribution is 5.92. The van der Waals surface area contributed by atoms with Gasteiger partial charge in [0.25, 0.3) is 0 Å². The van der Waals surface area contributed by atoms with Crippen molar-refractivity contribution in [2.75, 3.05) is 18.5 Å². The number of amides is 2. The zero-order valence-electron chi connectivity index (χ0n) is 17.9. The number of hydrogen-bond acceptors (Lipinski definition) is 2. The SMILES string of the molecule is CCCCCNC(=O)N(C)c1cccc(-c2cc(C)c(CCC(=O)O)c(C)c2)c1. The second kappa shape index (κ2) is 10.6. The first kappa shape index (κ1) is 22.5. The number of benzene rings is 2. The number of unbranched alkanes of at least 4 members (excludes halogenated alkanes) is 2. The number of carbonyl (C=O) groups is 2. The first-order chi connectivity index (χ1) is 13.8. The summed E-state index contributed by atoms with van der Waals surface area (Å²) in [7, 11) is 1.78. The maximum absolute atomic E-state index is 12.4. The number of rotatable bonds is 9. The van der Waals surface area contributed by atoms with Gasteiger partial charge in [-0.2, -0.15) is 0 Å². The highest BCUT2D eigenvalue weighted by atomic mass is 16.4. The van der Waals surface area contributed by atoms with Gasteiger partial charge in [0.05, 0.1) is 0 Å². The minimum Gasteiger partial charge on any atom is -0.481 e. The smallest absolute Gasteiger partial charge is 0.321 e. The van der Waals surface area contributed by atoms with E-state index in [9.17, 15) is 9.59 Å². The lowest BCUT2D eigenvalue weighted by Gasteiger charge is -2.19. The summed E-state index contributed by atoms with van der Waals surface area (Å²) in [6.45, 7) is 6.87. The van der Waals surface area contributed by atoms with E-state index in [-0.39, 0.29) is 12.5 Å². The maximum atomic E-state index is 12.4. The minimum atomic E-state index is -0.781. The van der Waals surface area contributed by atoms with Gasteiger partial charge in [-0.25, -0.2) is 4.79 Å². The quantitative estimate of drug-likeness (QED) is 0.563. The Balaban J connectivity index is 2.18. The van der Waals surface area contributed by atoms with Gasteiger partial charge in [0.1, 0.15) is 0 Å². The molecule has 0 spiro atoms. The molecule has 0 aromatic heterocycles. The van der Waals surface area contributed by atoms with Crippen LogP contribution in [-0.2, 0) is 11.2 Å². The van der Waals surface area contributed by atoms with Crippen molar-refractivity contribution in [3.05, 3.63) is 53.1 Å². The van der Waals surface area contributed by atoms with E-state index in [2.05, 4.69) is 24.4 Å². The number of nitrogens with one attached hydrogen (secondary N) is 1. The number of aryl methyl sites for hydroxylation is 2. The van der Waals surface area contributed by atoms with Crippen LogP contribution in [0.1, 0.15) is 49.3 Å². The number of carbonyl (C=O) groups excluding carboxylic acids is 1. The predicted octanol–water partition coefficient (Wildman–Crippen LogP) is 5.32. The third-order valence-corrected chi connectivity index (χ3v) is 5.21. The first-order valence-electron chi connectivity index (χ1n) is 10.3. The molecular weight excluding hydrogens is 364 g/mol. The van der Waals surface area contributed by atoms with Crippen molar-refractivity contribution < 1.29 is 14.7 Å². The van der Waals surface area contributed by atoms with Crippen LogP contribution in [0.3, 0.4) is 0 Å². The Bertz CT molecular complexity index is 838. The number of urea groups is 1. The van der Waals surface area contributed by atoms with Crippen molar-refractivity contribution in [1.29, 1.82) is 0 Å². The summed E-state index contributed by atoms with van der Waals surface area (Å²) >= 11 is 0. The summed E-state index contributed by atoms with van der Waals surface area (Å²) < 4.78 is 0. The fraction of sp³-hybridized carbons (Fsp3) is 0.417. The van der Waals surface area contributed by atoms with Gasteiger partial charge < -0.3 is 10.4 Å². The third-order valence-electron chi connectivity index (χ3n) is 5.21. The van der Waals surface area contributed by atoms with Gasteiger partial charge in [-0.1, -0.05) is 44.0 Å². The Morgan fingerprint density at radius 2 is 1.72 bits per heavy atom. The Morgan fingerprint density at radius 1 is 1.03 bits per heavy atom. The molecule has 2 aromatic carbocycles. The minimum absolute atomic E-state index is 0.102. The van der Waals surface area contributed by atoms with Gasteiger partial charge in [0, 0.05) is 25.7 Å². The average Bonchev–Trinajstić information content (AvgIpc) is 2.69. The normalized spacial score (nSPS) is 10.6. The second-order valence-corrected chi connectivity index (χ2v) is 7.53. The lowest BCUT2D eigenvalue weighted by atomic mass is 9.93. The molecule has 0 atom stereocenters. The van der Waals surface area contributed by atoms with E-state index in [1.807, 2.05) is 38.1 Å². The van der Waals surface area contributed by atoms with Gasteiger partial charge in [0.2, 0.25) is 0 Å². The molecule has 0 aliphatic rings. The molecule has 0 fully saturated rings. The highest BCUT2D eigenvalue weighted by Gasteiger charge is 2.12. The van der Waals surface area contributed by atoms with Crippen LogP contribution in [0, 0.1) is 13.8 Å². The maximum Gasteiger partial charge on any atom is 0.321 e. The molecule has 156 valence electrons. The molecule has 0 aliphatic carbocycles. The Hall–Kier alpha value is -2.82. The number of hydrogen-bond donors (Lipinski definition) is 2. The van der Waals surface area contributed by atoms with Gasteiger partial charge in [-0.15, -0.1) is 0 Å². The number of carboxylic acid groups (broad SMARTS) is 1. The summed E-state index contributed by atoms with van der Waals surface area (Å²) in [6, 6.07) is 12.0. The van der Waals surface area contributed by atoms with Crippen molar-refractivity contribution in [3.63, 3.8) is 0 Å². The van der Waals surface area contributed by atoms with Crippen LogP contribution >= 0.6 is 0 Å². The standard InChI is InChI=1S/C24H32N2O3/c1-5-6-7-13-25-24(29)26(4)21-10-8-9-19(16-21)20-14-17(2)22(18(3)15-20)11-12-23(27)28/h8-10,14-16H,5-7,11-13H2,1-4H3,(H,25,29)(H,27,28). The van der Waals surface area contributed by atoms with E-state index in [4.69, 9.17) is 5.11 Å². The first-order valence-corrected chi connectivity index (χ1v) is 10.3. The zero-order chi connectivity index (χ0) is 21.4. The molecule has 2 rings (SSSR count). The van der Waals surface area contributed by atoms with Gasteiger partial charge >= 0.3 is 12.0 Å². The fourth-order valence-corrected chi connectivity index (χ4v) is 3.49. The monoisotopic (exact) mass is 396 g/mol. The number of aliphatic carboxylic acids is 1. The molecule has 0 unspecified atom stereocenters. The van der Waals surface area contributed by atoms with Crippen molar-refractivity contribution in [2.24, 2.45) is 0 Å². The fourth-order valence-electron chi connectivity index (χ4n) is 3.49. The summed E-state index contributed by atoms with van der Waals surface area (Å²) in [5, 5.41) is 11.9. The average molecular weight is 397 g/mol. The van der Waals surface area contributed by atoms with Crippen molar-refractivity contribution in [2.45, 2.75) is 52.9 Å². The summed E-state index contributed by atoms with van der Waals surface area (Å²) in [5.41, 5.74) is 6.21. The van der Waals surface area contributed by atoms with E-state index < -0.39 is 5.97 Å². The molecule has 0 aliphatic heterocycles. The number of nitrogens with zero attached hydrogens (tertiary/aromatic N) is 1. The Morgan fingerprint density at radius 3 is 2.34 bits per heavy atom. The van der Waals surface area contributed by atoms with Gasteiger partial charge in [-0.05, 0) is 66.6 Å². The third kappa shape index (κ3) is 6.34. The highest BCUT2D eigenvalue weighted by Crippen LogP contribution is 2.28. The van der Waals surface area contributed by atoms with E-state index in [0.29, 0.717) is 13.0 Å². The van der Waals surface area contributed by atoms with Crippen molar-refractivity contribution in [3.8, 4) is 11.1 Å². The Kier molecular flexibility index (Phi) is 8.25. The number of carboxylic acids is 1. The van der Waals surface area contributed by atoms with E-state index in [1.165, 1.54) is 0 Å². The van der Waals surface area contributed by atoms with Crippen molar-refractivity contribution >= 4 is 17.7 Å². The lowest BCUT2D eigenvalue weighted by Crippen LogP contribution is -2.37. The van der Waals surface area contributed by atoms with Crippen LogP contribution in [0.2, 0.25) is 0 Å². The zero-order valence-corrected chi connectivity index (χ0v) is 17.9. The molecule has 0 bridgehead atoms. The Labute approximate surface area is 173 Å². The molecular formula is C24H32N2O3. The molecule has 0 radical (unpaired) electrons. The van der Waals surface area contributed by atoms with Crippen LogP contribution in [-0.4, -0.2) is 30.7 Å². The van der Waals surface area contributed by atoms with Crippen LogP contribution < -0.4 is 10.2 Å². The molecule has 29 heavy (non-hydrogen) atoms. The van der Waals surface area contributed by atoms with E-state index in [0.717, 1.165) is 52.8 Å². The van der Waals surface area contributed by atoms with Crippen LogP contribution in [0.15, 0.2) is 36.4 Å². The molecule has 2 N–H and O–H groups in total. The summed E-state index contributed by atoms with van der Waals surface area (Å²) in [6.07, 6.45) is 3.90. The molecule has 2 amide bonds. The second-order valence-electron chi connectivity index (χ2n) is 7.53. The van der Waals surface area contributed by atoms with Crippen LogP contribution in [0.25, 0.3) is 11.1 Å². The number of anilines is 1. The topological polar surface area (TPSA) is 69.6 Å².